The van der Waals surface area contributed by atoms with Crippen molar-refractivity contribution in [3.63, 3.8) is 0 Å². The van der Waals surface area contributed by atoms with Gasteiger partial charge in [-0.05, 0) is 48.0 Å². The zero-order valence-electron chi connectivity index (χ0n) is 18.8. The predicted molar refractivity (Wildman–Crippen MR) is 144 cm³/mol. The van der Waals surface area contributed by atoms with E-state index in [1.165, 1.54) is 15.9 Å². The van der Waals surface area contributed by atoms with E-state index >= 15 is 0 Å². The minimum absolute atomic E-state index is 0.0357. The summed E-state index contributed by atoms with van der Waals surface area (Å²) in [6.07, 6.45) is 1.57. The molecular weight excluding hydrogens is 541 g/mol. The number of thiazole rings is 1. The van der Waals surface area contributed by atoms with Gasteiger partial charge in [-0.3, -0.25) is 4.90 Å². The maximum Gasteiger partial charge on any atom is 0.230 e. The quantitative estimate of drug-likeness (QED) is 0.260. The van der Waals surface area contributed by atoms with Crippen molar-refractivity contribution in [3.05, 3.63) is 86.4 Å². The lowest BCUT2D eigenvalue weighted by molar-refractivity contribution is 0.211. The Kier molecular flexibility index (Phi) is 6.31. The number of nitrogens with zero attached hydrogens (tertiary/aromatic N) is 5. The molecule has 36 heavy (non-hydrogen) atoms. The summed E-state index contributed by atoms with van der Waals surface area (Å²) in [5.74, 6) is 0.999. The number of anilines is 1. The first-order valence-electron chi connectivity index (χ1n) is 11.3. The Morgan fingerprint density at radius 1 is 0.944 bits per heavy atom. The monoisotopic (exact) mass is 559 g/mol. The van der Waals surface area contributed by atoms with E-state index in [2.05, 4.69) is 25.9 Å². The van der Waals surface area contributed by atoms with Crippen LogP contribution in [0.1, 0.15) is 16.5 Å². The number of benzene rings is 2. The molecule has 3 aromatic heterocycles. The lowest BCUT2D eigenvalue weighted by Crippen LogP contribution is -2.47. The highest BCUT2D eigenvalue weighted by Gasteiger charge is 2.33. The Hall–Kier alpha value is -2.75. The smallest absolute Gasteiger partial charge is 0.230 e. The third-order valence-electron chi connectivity index (χ3n) is 6.30. The number of furan rings is 1. The Morgan fingerprint density at radius 3 is 2.44 bits per heavy atom. The first-order chi connectivity index (χ1) is 17.5. The molecule has 11 heteroatoms. The van der Waals surface area contributed by atoms with Gasteiger partial charge in [-0.2, -0.15) is 9.50 Å². The number of fused-ring (bicyclic) bond motifs is 1. The summed E-state index contributed by atoms with van der Waals surface area (Å²) in [4.78, 5) is 10.5. The van der Waals surface area contributed by atoms with Crippen LogP contribution in [0.5, 0.6) is 5.88 Å². The maximum absolute atomic E-state index is 11.3. The molecule has 7 nitrogen and oxygen atoms in total. The van der Waals surface area contributed by atoms with Crippen molar-refractivity contribution < 1.29 is 9.52 Å². The van der Waals surface area contributed by atoms with Crippen LogP contribution in [0, 0.1) is 0 Å². The van der Waals surface area contributed by atoms with E-state index in [1.807, 2.05) is 30.3 Å². The number of halogens is 3. The number of rotatable bonds is 5. The Morgan fingerprint density at radius 2 is 1.75 bits per heavy atom. The van der Waals surface area contributed by atoms with Gasteiger partial charge in [0.1, 0.15) is 0 Å². The molecule has 0 spiro atoms. The lowest BCUT2D eigenvalue weighted by atomic mass is 10.0. The second kappa shape index (κ2) is 9.61. The number of hydrogen-bond donors (Lipinski definition) is 1. The van der Waals surface area contributed by atoms with Gasteiger partial charge in [0, 0.05) is 46.9 Å². The van der Waals surface area contributed by atoms with Crippen molar-refractivity contribution in [2.45, 2.75) is 6.04 Å². The first kappa shape index (κ1) is 23.6. The largest absolute Gasteiger partial charge is 0.492 e. The number of piperazine rings is 1. The van der Waals surface area contributed by atoms with E-state index in [-0.39, 0.29) is 11.9 Å². The van der Waals surface area contributed by atoms with Gasteiger partial charge in [0.05, 0.1) is 17.2 Å². The van der Waals surface area contributed by atoms with E-state index in [1.54, 1.807) is 24.5 Å². The van der Waals surface area contributed by atoms with Crippen LogP contribution in [-0.4, -0.2) is 50.8 Å². The number of hydrogen-bond acceptors (Lipinski definition) is 7. The summed E-state index contributed by atoms with van der Waals surface area (Å²) in [5, 5.41) is 17.6. The summed E-state index contributed by atoms with van der Waals surface area (Å²) < 4.78 is 6.87. The molecule has 0 unspecified atom stereocenters. The van der Waals surface area contributed by atoms with Crippen molar-refractivity contribution in [2.24, 2.45) is 0 Å². The molecule has 2 aromatic carbocycles. The van der Waals surface area contributed by atoms with E-state index in [9.17, 15) is 5.11 Å². The molecule has 0 saturated carbocycles. The summed E-state index contributed by atoms with van der Waals surface area (Å²) in [7, 11) is 0. The molecule has 0 aliphatic carbocycles. The zero-order chi connectivity index (χ0) is 24.8. The summed E-state index contributed by atoms with van der Waals surface area (Å²) >= 11 is 20.5. The fourth-order valence-corrected chi connectivity index (χ4v) is 6.38. The molecule has 0 bridgehead atoms. The summed E-state index contributed by atoms with van der Waals surface area (Å²) in [6.45, 7) is 3.10. The Bertz CT molecular complexity index is 1530. The van der Waals surface area contributed by atoms with E-state index < -0.39 is 0 Å². The topological polar surface area (TPSA) is 70.0 Å². The molecule has 1 N–H and O–H groups in total. The number of aromatic nitrogens is 3. The number of aromatic hydroxyl groups is 1. The maximum atomic E-state index is 11.3. The van der Waals surface area contributed by atoms with Crippen molar-refractivity contribution in [1.29, 1.82) is 0 Å². The van der Waals surface area contributed by atoms with Gasteiger partial charge in [-0.15, -0.1) is 5.10 Å². The van der Waals surface area contributed by atoms with Gasteiger partial charge in [0.15, 0.2) is 5.76 Å². The van der Waals surface area contributed by atoms with E-state index in [0.717, 1.165) is 42.3 Å². The van der Waals surface area contributed by atoms with E-state index in [0.29, 0.717) is 31.6 Å². The molecule has 6 rings (SSSR count). The molecule has 1 atom stereocenters. The third-order valence-corrected chi connectivity index (χ3v) is 8.17. The predicted octanol–water partition coefficient (Wildman–Crippen LogP) is 6.63. The van der Waals surface area contributed by atoms with Crippen molar-refractivity contribution >= 4 is 56.8 Å². The highest BCUT2D eigenvalue weighted by atomic mass is 35.5. The second-order valence-electron chi connectivity index (χ2n) is 8.47. The first-order valence-corrected chi connectivity index (χ1v) is 13.2. The molecule has 1 saturated heterocycles. The Labute approximate surface area is 226 Å². The molecule has 1 aliphatic rings. The van der Waals surface area contributed by atoms with Gasteiger partial charge >= 0.3 is 0 Å². The molecule has 1 fully saturated rings. The molecular formula is C25H20Cl3N5O2S. The van der Waals surface area contributed by atoms with Crippen LogP contribution in [0.25, 0.3) is 16.5 Å². The second-order valence-corrected chi connectivity index (χ2v) is 10.8. The third kappa shape index (κ3) is 4.33. The SMILES string of the molecule is Oc1c([C@H](c2ccc(Cl)cc2Cl)N2CCN(c3cccc(Cl)c3)CC2)sc2nc(-c3ccco3)nn12. The molecule has 0 amide bonds. The molecule has 5 aromatic rings. The van der Waals surface area contributed by atoms with Gasteiger partial charge in [-0.1, -0.05) is 58.3 Å². The molecule has 0 radical (unpaired) electrons. The van der Waals surface area contributed by atoms with Crippen molar-refractivity contribution in [1.82, 2.24) is 19.5 Å². The van der Waals surface area contributed by atoms with Gasteiger partial charge < -0.3 is 14.4 Å². The van der Waals surface area contributed by atoms with Crippen LogP contribution in [0.15, 0.2) is 65.3 Å². The van der Waals surface area contributed by atoms with Crippen LogP contribution in [0.3, 0.4) is 0 Å². The van der Waals surface area contributed by atoms with Crippen LogP contribution in [0.4, 0.5) is 5.69 Å². The minimum Gasteiger partial charge on any atom is -0.492 e. The van der Waals surface area contributed by atoms with Crippen molar-refractivity contribution in [3.8, 4) is 17.5 Å². The van der Waals surface area contributed by atoms with Crippen LogP contribution in [-0.2, 0) is 0 Å². The normalized spacial score (nSPS) is 15.6. The van der Waals surface area contributed by atoms with Crippen LogP contribution in [0.2, 0.25) is 15.1 Å². The molecule has 4 heterocycles. The molecule has 184 valence electrons. The zero-order valence-corrected chi connectivity index (χ0v) is 21.9. The fraction of sp³-hybridized carbons (Fsp3) is 0.200. The van der Waals surface area contributed by atoms with Crippen molar-refractivity contribution in [2.75, 3.05) is 31.1 Å². The van der Waals surface area contributed by atoms with Crippen LogP contribution < -0.4 is 4.90 Å². The summed E-state index contributed by atoms with van der Waals surface area (Å²) in [6, 6.07) is 16.6. The summed E-state index contributed by atoms with van der Waals surface area (Å²) in [5.41, 5.74) is 1.96. The fourth-order valence-electron chi connectivity index (χ4n) is 4.58. The standard InChI is InChI=1S/C25H20Cl3N5O2S/c26-15-3-1-4-17(13-15)31-8-10-32(11-9-31)21(18-7-6-16(27)14-19(18)28)22-24(34)33-25(36-22)29-23(30-33)20-5-2-12-35-20/h1-7,12-14,21,34H,8-11H2/t21-/m0/s1. The van der Waals surface area contributed by atoms with Gasteiger partial charge in [0.25, 0.3) is 0 Å². The highest BCUT2D eigenvalue weighted by molar-refractivity contribution is 7.17. The lowest BCUT2D eigenvalue weighted by Gasteiger charge is -2.40. The van der Waals surface area contributed by atoms with Gasteiger partial charge in [0.2, 0.25) is 16.7 Å². The average molecular weight is 561 g/mol. The van der Waals surface area contributed by atoms with E-state index in [4.69, 9.17) is 39.2 Å². The average Bonchev–Trinajstić information content (AvgIpc) is 3.60. The minimum atomic E-state index is -0.295. The Balaban J connectivity index is 1.36. The molecule has 1 aliphatic heterocycles. The van der Waals surface area contributed by atoms with Crippen LogP contribution >= 0.6 is 46.1 Å². The highest BCUT2D eigenvalue weighted by Crippen LogP contribution is 2.43. The van der Waals surface area contributed by atoms with Gasteiger partial charge in [-0.25, -0.2) is 0 Å².